The number of carbonyl (C=O) groups is 2. The Morgan fingerprint density at radius 3 is 2.32 bits per heavy atom. The molecular weight excluding hydrogens is 256 g/mol. The molecule has 0 heterocycles. The number of carbonyl (C=O) groups excluding carboxylic acids is 2. The summed E-state index contributed by atoms with van der Waals surface area (Å²) in [5, 5.41) is 4.72. The number of nitrogens with two attached hydrogens (primary N) is 1. The Kier molecular flexibility index (Phi) is 5.87. The van der Waals surface area contributed by atoms with Crippen molar-refractivity contribution >= 4 is 11.8 Å². The zero-order valence-electron chi connectivity index (χ0n) is 10.2. The molecule has 0 aliphatic rings. The van der Waals surface area contributed by atoms with Gasteiger partial charge in [-0.15, -0.1) is 0 Å². The summed E-state index contributed by atoms with van der Waals surface area (Å²) < 4.78 is 26.5. The van der Waals surface area contributed by atoms with Crippen LogP contribution < -0.4 is 16.4 Å². The normalized spacial score (nSPS) is 10.1. The summed E-state index contributed by atoms with van der Waals surface area (Å²) in [7, 11) is 0. The van der Waals surface area contributed by atoms with Gasteiger partial charge in [0.25, 0.3) is 0 Å². The number of rotatable bonds is 6. The molecule has 0 fully saturated rings. The maximum atomic E-state index is 13.3. The summed E-state index contributed by atoms with van der Waals surface area (Å²) in [6, 6.07) is 3.58. The van der Waals surface area contributed by atoms with E-state index in [1.165, 1.54) is 6.07 Å². The number of amides is 2. The first-order valence-corrected chi connectivity index (χ1v) is 5.71. The summed E-state index contributed by atoms with van der Waals surface area (Å²) in [6.07, 6.45) is 0.0368. The van der Waals surface area contributed by atoms with Crippen molar-refractivity contribution in [1.82, 2.24) is 10.6 Å². The topological polar surface area (TPSA) is 84.2 Å². The lowest BCUT2D eigenvalue weighted by molar-refractivity contribution is -0.125. The third-order valence-corrected chi connectivity index (χ3v) is 2.39. The van der Waals surface area contributed by atoms with Crippen molar-refractivity contribution in [1.29, 1.82) is 0 Å². The van der Waals surface area contributed by atoms with Gasteiger partial charge in [-0.05, 0) is 18.6 Å². The van der Waals surface area contributed by atoms with E-state index in [0.29, 0.717) is 0 Å². The molecule has 104 valence electrons. The lowest BCUT2D eigenvalue weighted by atomic mass is 10.1. The molecule has 5 nitrogen and oxygen atoms in total. The van der Waals surface area contributed by atoms with Crippen LogP contribution in [0.15, 0.2) is 18.2 Å². The highest BCUT2D eigenvalue weighted by Crippen LogP contribution is 2.11. The minimum absolute atomic E-state index is 0.0368. The van der Waals surface area contributed by atoms with Crippen LogP contribution in [-0.4, -0.2) is 31.4 Å². The quantitative estimate of drug-likeness (QED) is 0.664. The molecule has 0 spiro atoms. The summed E-state index contributed by atoms with van der Waals surface area (Å²) >= 11 is 0. The summed E-state index contributed by atoms with van der Waals surface area (Å²) in [4.78, 5) is 22.1. The van der Waals surface area contributed by atoms with Crippen LogP contribution in [0, 0.1) is 11.6 Å². The van der Waals surface area contributed by atoms with Gasteiger partial charge in [-0.25, -0.2) is 8.78 Å². The maximum Gasteiger partial charge on any atom is 0.239 e. The van der Waals surface area contributed by atoms with E-state index in [2.05, 4.69) is 10.6 Å². The van der Waals surface area contributed by atoms with Crippen molar-refractivity contribution < 1.29 is 18.4 Å². The SMILES string of the molecule is NCC(=O)NCC(=O)NCCc1c(F)cccc1F. The molecular formula is C12H15F2N3O2. The van der Waals surface area contributed by atoms with Crippen molar-refractivity contribution in [3.05, 3.63) is 35.4 Å². The van der Waals surface area contributed by atoms with Crippen LogP contribution in [0.5, 0.6) is 0 Å². The number of hydrogen-bond acceptors (Lipinski definition) is 3. The molecule has 0 aliphatic heterocycles. The van der Waals surface area contributed by atoms with Crippen LogP contribution in [-0.2, 0) is 16.0 Å². The van der Waals surface area contributed by atoms with Gasteiger partial charge in [-0.2, -0.15) is 0 Å². The van der Waals surface area contributed by atoms with Crippen LogP contribution in [0.3, 0.4) is 0 Å². The van der Waals surface area contributed by atoms with E-state index < -0.39 is 23.4 Å². The fourth-order valence-electron chi connectivity index (χ4n) is 1.41. The Hall–Kier alpha value is -2.02. The molecule has 4 N–H and O–H groups in total. The molecule has 19 heavy (non-hydrogen) atoms. The average molecular weight is 271 g/mol. The second kappa shape index (κ2) is 7.42. The predicted molar refractivity (Wildman–Crippen MR) is 65.1 cm³/mol. The molecule has 1 aromatic carbocycles. The van der Waals surface area contributed by atoms with Crippen LogP contribution in [0.1, 0.15) is 5.56 Å². The fourth-order valence-corrected chi connectivity index (χ4v) is 1.41. The minimum Gasteiger partial charge on any atom is -0.354 e. The third kappa shape index (κ3) is 5.01. The molecule has 0 radical (unpaired) electrons. The van der Waals surface area contributed by atoms with Gasteiger partial charge in [0, 0.05) is 12.1 Å². The Morgan fingerprint density at radius 1 is 1.11 bits per heavy atom. The lowest BCUT2D eigenvalue weighted by Crippen LogP contribution is -2.40. The molecule has 7 heteroatoms. The van der Waals surface area contributed by atoms with Gasteiger partial charge in [-0.3, -0.25) is 9.59 Å². The second-order valence-electron chi connectivity index (χ2n) is 3.78. The summed E-state index contributed by atoms with van der Waals surface area (Å²) in [5.41, 5.74) is 4.97. The molecule has 0 saturated heterocycles. The number of hydrogen-bond donors (Lipinski definition) is 3. The standard InChI is InChI=1S/C12H15F2N3O2/c13-9-2-1-3-10(14)8(9)4-5-16-12(19)7-17-11(18)6-15/h1-3H,4-7,15H2,(H,16,19)(H,17,18). The predicted octanol–water partition coefficient (Wildman–Crippen LogP) is -0.302. The number of halogens is 2. The lowest BCUT2D eigenvalue weighted by Gasteiger charge is -2.07. The van der Waals surface area contributed by atoms with Gasteiger partial charge >= 0.3 is 0 Å². The molecule has 1 aromatic rings. The zero-order valence-corrected chi connectivity index (χ0v) is 10.2. The smallest absolute Gasteiger partial charge is 0.239 e. The highest BCUT2D eigenvalue weighted by molar-refractivity contribution is 5.85. The van der Waals surface area contributed by atoms with E-state index in [1.807, 2.05) is 0 Å². The first kappa shape index (κ1) is 15.0. The molecule has 0 atom stereocenters. The first-order chi connectivity index (χ1) is 9.04. The number of benzene rings is 1. The van der Waals surface area contributed by atoms with Crippen molar-refractivity contribution in [3.63, 3.8) is 0 Å². The van der Waals surface area contributed by atoms with E-state index in [-0.39, 0.29) is 31.6 Å². The highest BCUT2D eigenvalue weighted by Gasteiger charge is 2.09. The fraction of sp³-hybridized carbons (Fsp3) is 0.333. The molecule has 0 unspecified atom stereocenters. The van der Waals surface area contributed by atoms with Crippen molar-refractivity contribution in [2.45, 2.75) is 6.42 Å². The van der Waals surface area contributed by atoms with Gasteiger partial charge in [0.05, 0.1) is 13.1 Å². The Balaban J connectivity index is 2.34. The first-order valence-electron chi connectivity index (χ1n) is 5.71. The van der Waals surface area contributed by atoms with Crippen molar-refractivity contribution in [2.24, 2.45) is 5.73 Å². The monoisotopic (exact) mass is 271 g/mol. The van der Waals surface area contributed by atoms with E-state index in [9.17, 15) is 18.4 Å². The van der Waals surface area contributed by atoms with Crippen LogP contribution >= 0.6 is 0 Å². The molecule has 0 bridgehead atoms. The molecule has 2 amide bonds. The van der Waals surface area contributed by atoms with E-state index in [4.69, 9.17) is 5.73 Å². The summed E-state index contributed by atoms with van der Waals surface area (Å²) in [5.74, 6) is -2.19. The van der Waals surface area contributed by atoms with E-state index in [1.54, 1.807) is 0 Å². The second-order valence-corrected chi connectivity index (χ2v) is 3.78. The van der Waals surface area contributed by atoms with Crippen LogP contribution in [0.25, 0.3) is 0 Å². The largest absolute Gasteiger partial charge is 0.354 e. The van der Waals surface area contributed by atoms with Crippen molar-refractivity contribution in [2.75, 3.05) is 19.6 Å². The molecule has 0 aliphatic carbocycles. The minimum atomic E-state index is -0.648. The Labute approximate surface area is 109 Å². The Morgan fingerprint density at radius 2 is 1.74 bits per heavy atom. The molecule has 0 aromatic heterocycles. The maximum absolute atomic E-state index is 13.3. The average Bonchev–Trinajstić information content (AvgIpc) is 2.39. The highest BCUT2D eigenvalue weighted by atomic mass is 19.1. The van der Waals surface area contributed by atoms with Crippen LogP contribution in [0.2, 0.25) is 0 Å². The van der Waals surface area contributed by atoms with E-state index >= 15 is 0 Å². The van der Waals surface area contributed by atoms with Gasteiger partial charge in [0.2, 0.25) is 11.8 Å². The van der Waals surface area contributed by atoms with Gasteiger partial charge in [-0.1, -0.05) is 6.07 Å². The molecule has 1 rings (SSSR count). The van der Waals surface area contributed by atoms with Gasteiger partial charge < -0.3 is 16.4 Å². The van der Waals surface area contributed by atoms with E-state index in [0.717, 1.165) is 12.1 Å². The number of nitrogens with one attached hydrogen (secondary N) is 2. The molecule has 0 saturated carbocycles. The summed E-state index contributed by atoms with van der Waals surface area (Å²) in [6.45, 7) is -0.335. The Bertz CT molecular complexity index is 446. The van der Waals surface area contributed by atoms with Crippen molar-refractivity contribution in [3.8, 4) is 0 Å². The van der Waals surface area contributed by atoms with Crippen LogP contribution in [0.4, 0.5) is 8.78 Å². The zero-order chi connectivity index (χ0) is 14.3. The van der Waals surface area contributed by atoms with Gasteiger partial charge in [0.15, 0.2) is 0 Å². The third-order valence-electron chi connectivity index (χ3n) is 2.39. The van der Waals surface area contributed by atoms with Gasteiger partial charge in [0.1, 0.15) is 11.6 Å².